The number of aromatic nitrogens is 1. The Bertz CT molecular complexity index is 725. The van der Waals surface area contributed by atoms with Crippen molar-refractivity contribution in [1.82, 2.24) is 15.6 Å². The molecule has 27 heavy (non-hydrogen) atoms. The molecule has 1 fully saturated rings. The highest BCUT2D eigenvalue weighted by Gasteiger charge is 2.33. The second-order valence-electron chi connectivity index (χ2n) is 5.91. The molecule has 0 spiro atoms. The number of halogens is 4. The van der Waals surface area contributed by atoms with E-state index < -0.39 is 11.9 Å². The number of rotatable bonds is 4. The number of guanidine groups is 1. The van der Waals surface area contributed by atoms with Gasteiger partial charge in [-0.25, -0.2) is 4.98 Å². The Labute approximate surface area is 181 Å². The average molecular weight is 531 g/mol. The zero-order valence-electron chi connectivity index (χ0n) is 14.6. The number of aliphatic imine (C=N–C) groups is 1. The smallest absolute Gasteiger partial charge is 0.363 e. The molecule has 150 valence electrons. The van der Waals surface area contributed by atoms with Crippen molar-refractivity contribution in [3.05, 3.63) is 33.6 Å². The molecular weight excluding hydrogens is 510 g/mol. The van der Waals surface area contributed by atoms with Gasteiger partial charge in [0, 0.05) is 31.6 Å². The first-order chi connectivity index (χ1) is 12.5. The Hall–Kier alpha value is -1.08. The lowest BCUT2D eigenvalue weighted by atomic mass is 10.1. The van der Waals surface area contributed by atoms with Crippen molar-refractivity contribution in [2.45, 2.75) is 31.6 Å². The Morgan fingerprint density at radius 1 is 1.33 bits per heavy atom. The molecule has 2 aromatic heterocycles. The number of hydrogen-bond acceptors (Lipinski definition) is 5. The van der Waals surface area contributed by atoms with Crippen LogP contribution in [0.5, 0.6) is 0 Å². The largest absolute Gasteiger partial charge is 0.434 e. The van der Waals surface area contributed by atoms with Gasteiger partial charge in [-0.1, -0.05) is 0 Å². The van der Waals surface area contributed by atoms with E-state index in [0.29, 0.717) is 17.0 Å². The van der Waals surface area contributed by atoms with Crippen molar-refractivity contribution in [1.29, 1.82) is 0 Å². The highest BCUT2D eigenvalue weighted by atomic mass is 127. The number of thiazole rings is 1. The van der Waals surface area contributed by atoms with Gasteiger partial charge in [0.15, 0.2) is 11.7 Å². The lowest BCUT2D eigenvalue weighted by molar-refractivity contribution is -0.140. The fraction of sp³-hybridized carbons (Fsp3) is 0.500. The number of alkyl halides is 3. The lowest BCUT2D eigenvalue weighted by Gasteiger charge is -2.33. The minimum absolute atomic E-state index is 0. The van der Waals surface area contributed by atoms with Crippen molar-refractivity contribution in [3.8, 4) is 0 Å². The Balaban J connectivity index is 0.00000261. The van der Waals surface area contributed by atoms with Crippen LogP contribution < -0.4 is 15.5 Å². The summed E-state index contributed by atoms with van der Waals surface area (Å²) < 4.78 is 37.8. The summed E-state index contributed by atoms with van der Waals surface area (Å²) in [6, 6.07) is 4.47. The van der Waals surface area contributed by atoms with Gasteiger partial charge in [0.2, 0.25) is 0 Å². The number of thiophene rings is 1. The molecule has 1 aliphatic rings. The summed E-state index contributed by atoms with van der Waals surface area (Å²) in [5.74, 6) is 0.586. The molecule has 2 N–H and O–H groups in total. The first-order valence-electron chi connectivity index (χ1n) is 8.23. The van der Waals surface area contributed by atoms with Crippen LogP contribution in [0.1, 0.15) is 23.5 Å². The minimum atomic E-state index is -4.40. The summed E-state index contributed by atoms with van der Waals surface area (Å²) in [4.78, 5) is 10.1. The molecule has 3 heterocycles. The summed E-state index contributed by atoms with van der Waals surface area (Å²) in [5.41, 5.74) is -0.844. The topological polar surface area (TPSA) is 52.6 Å². The van der Waals surface area contributed by atoms with Gasteiger partial charge < -0.3 is 15.5 Å². The first kappa shape index (κ1) is 22.2. The van der Waals surface area contributed by atoms with Crippen LogP contribution in [0.3, 0.4) is 0 Å². The van der Waals surface area contributed by atoms with E-state index in [4.69, 9.17) is 0 Å². The maximum atomic E-state index is 12.6. The molecule has 0 unspecified atom stereocenters. The molecule has 1 saturated heterocycles. The predicted molar refractivity (Wildman–Crippen MR) is 115 cm³/mol. The number of hydrogen-bond donors (Lipinski definition) is 2. The van der Waals surface area contributed by atoms with E-state index in [0.717, 1.165) is 42.6 Å². The first-order valence-corrected chi connectivity index (χ1v) is 9.99. The molecular formula is C16H21F3IN5S2. The number of nitrogens with one attached hydrogen (secondary N) is 2. The molecule has 11 heteroatoms. The summed E-state index contributed by atoms with van der Waals surface area (Å²) in [7, 11) is 1.65. The maximum Gasteiger partial charge on any atom is 0.434 e. The van der Waals surface area contributed by atoms with Gasteiger partial charge >= 0.3 is 6.18 Å². The second-order valence-corrected chi connectivity index (χ2v) is 7.78. The molecule has 2 aromatic rings. The molecule has 3 rings (SSSR count). The standard InChI is InChI=1S/C16H20F3N5S2.HI/c1-20-15(21-9-13-23-12(10-26-13)16(17,18)19)22-11-4-6-24(7-5-11)14-3-2-8-25-14;/h2-3,8,10-11H,4-7,9H2,1H3,(H2,20,21,22);1H. The molecule has 0 radical (unpaired) electrons. The number of nitrogens with zero attached hydrogens (tertiary/aromatic N) is 3. The highest BCUT2D eigenvalue weighted by molar-refractivity contribution is 14.0. The zero-order valence-corrected chi connectivity index (χ0v) is 18.6. The van der Waals surface area contributed by atoms with Crippen LogP contribution in [0.2, 0.25) is 0 Å². The van der Waals surface area contributed by atoms with Crippen LogP contribution in [-0.4, -0.2) is 37.1 Å². The van der Waals surface area contributed by atoms with Gasteiger partial charge in [0.05, 0.1) is 11.5 Å². The third-order valence-corrected chi connectivity index (χ3v) is 5.90. The van der Waals surface area contributed by atoms with Crippen molar-refractivity contribution in [2.75, 3.05) is 25.0 Å². The maximum absolute atomic E-state index is 12.6. The van der Waals surface area contributed by atoms with Crippen LogP contribution >= 0.6 is 46.7 Å². The molecule has 0 aliphatic carbocycles. The van der Waals surface area contributed by atoms with Gasteiger partial charge in [0.25, 0.3) is 0 Å². The van der Waals surface area contributed by atoms with Crippen molar-refractivity contribution >= 4 is 57.6 Å². The predicted octanol–water partition coefficient (Wildman–Crippen LogP) is 4.18. The fourth-order valence-corrected chi connectivity index (χ4v) is 4.29. The third kappa shape index (κ3) is 6.21. The van der Waals surface area contributed by atoms with Gasteiger partial charge in [-0.15, -0.1) is 46.7 Å². The van der Waals surface area contributed by atoms with Crippen LogP contribution in [0.25, 0.3) is 0 Å². The molecule has 0 aromatic carbocycles. The monoisotopic (exact) mass is 531 g/mol. The quantitative estimate of drug-likeness (QED) is 0.354. The van der Waals surface area contributed by atoms with Crippen LogP contribution in [0, 0.1) is 0 Å². The van der Waals surface area contributed by atoms with E-state index in [1.165, 1.54) is 5.00 Å². The van der Waals surface area contributed by atoms with Gasteiger partial charge in [0.1, 0.15) is 5.01 Å². The second kappa shape index (κ2) is 9.92. The van der Waals surface area contributed by atoms with E-state index in [9.17, 15) is 13.2 Å². The SMILES string of the molecule is CN=C(NCc1nc(C(F)(F)F)cs1)NC1CCN(c2cccs2)CC1.I. The molecule has 1 aliphatic heterocycles. The molecule has 5 nitrogen and oxygen atoms in total. The number of anilines is 1. The third-order valence-electron chi connectivity index (χ3n) is 4.13. The molecule has 0 atom stereocenters. The van der Waals surface area contributed by atoms with Crippen LogP contribution in [0.15, 0.2) is 27.9 Å². The van der Waals surface area contributed by atoms with E-state index in [1.54, 1.807) is 18.4 Å². The van der Waals surface area contributed by atoms with Crippen molar-refractivity contribution in [2.24, 2.45) is 4.99 Å². The van der Waals surface area contributed by atoms with E-state index in [2.05, 4.69) is 43.0 Å². The Kier molecular flexibility index (Phi) is 8.16. The van der Waals surface area contributed by atoms with E-state index >= 15 is 0 Å². The normalized spacial score (nSPS) is 16.1. The Morgan fingerprint density at radius 3 is 2.63 bits per heavy atom. The van der Waals surface area contributed by atoms with Crippen molar-refractivity contribution in [3.63, 3.8) is 0 Å². The van der Waals surface area contributed by atoms with Gasteiger partial charge in [-0.05, 0) is 30.4 Å². The highest BCUT2D eigenvalue weighted by Crippen LogP contribution is 2.30. The van der Waals surface area contributed by atoms with E-state index in [1.807, 2.05) is 0 Å². The molecule has 0 saturated carbocycles. The number of piperidine rings is 1. The lowest BCUT2D eigenvalue weighted by Crippen LogP contribution is -2.48. The summed E-state index contributed by atoms with van der Waals surface area (Å²) in [6.45, 7) is 2.15. The average Bonchev–Trinajstić information content (AvgIpc) is 3.30. The fourth-order valence-electron chi connectivity index (χ4n) is 2.76. The zero-order chi connectivity index (χ0) is 18.6. The van der Waals surface area contributed by atoms with Gasteiger partial charge in [-0.2, -0.15) is 13.2 Å². The Morgan fingerprint density at radius 2 is 2.07 bits per heavy atom. The molecule has 0 bridgehead atoms. The summed E-state index contributed by atoms with van der Waals surface area (Å²) in [6.07, 6.45) is -2.44. The van der Waals surface area contributed by atoms with Crippen LogP contribution in [0.4, 0.5) is 18.2 Å². The van der Waals surface area contributed by atoms with Gasteiger partial charge in [-0.3, -0.25) is 4.99 Å². The van der Waals surface area contributed by atoms with E-state index in [-0.39, 0.29) is 30.5 Å². The minimum Gasteiger partial charge on any atom is -0.363 e. The molecule has 0 amide bonds. The van der Waals surface area contributed by atoms with Crippen LogP contribution in [-0.2, 0) is 12.7 Å². The summed E-state index contributed by atoms with van der Waals surface area (Å²) >= 11 is 2.73. The van der Waals surface area contributed by atoms with Crippen molar-refractivity contribution < 1.29 is 13.2 Å². The summed E-state index contributed by atoms with van der Waals surface area (Å²) in [5, 5.41) is 11.2.